The van der Waals surface area contributed by atoms with Crippen LogP contribution in [0.5, 0.6) is 0 Å². The van der Waals surface area contributed by atoms with E-state index in [0.29, 0.717) is 6.04 Å². The van der Waals surface area contributed by atoms with Crippen LogP contribution in [0.4, 0.5) is 0 Å². The lowest BCUT2D eigenvalue weighted by atomic mass is 10.0. The molecule has 1 aromatic carbocycles. The van der Waals surface area contributed by atoms with Gasteiger partial charge < -0.3 is 10.4 Å². The van der Waals surface area contributed by atoms with E-state index in [9.17, 15) is 0 Å². The molecule has 2 N–H and O–H groups in total. The molecule has 84 valence electrons. The van der Waals surface area contributed by atoms with Gasteiger partial charge in [0.1, 0.15) is 0 Å². The Kier molecular flexibility index (Phi) is 4.79. The first-order valence-corrected chi connectivity index (χ1v) is 5.57. The maximum Gasteiger partial charge on any atom is 0.0449 e. The molecule has 1 rings (SSSR count). The van der Waals surface area contributed by atoms with Crippen LogP contribution in [-0.2, 0) is 0 Å². The lowest BCUT2D eigenvalue weighted by Crippen LogP contribution is -2.28. The summed E-state index contributed by atoms with van der Waals surface area (Å²) in [6.45, 7) is 6.56. The smallest absolute Gasteiger partial charge is 0.0449 e. The van der Waals surface area contributed by atoms with Crippen molar-refractivity contribution in [2.24, 2.45) is 0 Å². The summed E-state index contributed by atoms with van der Waals surface area (Å²) >= 11 is 0. The van der Waals surface area contributed by atoms with Crippen LogP contribution in [0.2, 0.25) is 0 Å². The predicted octanol–water partition coefficient (Wildman–Crippen LogP) is 2.42. The number of hydrogen-bond donors (Lipinski definition) is 2. The Labute approximate surface area is 92.3 Å². The maximum absolute atomic E-state index is 9.04. The number of aliphatic hydroxyl groups is 1. The Morgan fingerprint density at radius 1 is 1.33 bits per heavy atom. The third-order valence-electron chi connectivity index (χ3n) is 2.40. The van der Waals surface area contributed by atoms with E-state index in [1.807, 2.05) is 0 Å². The van der Waals surface area contributed by atoms with E-state index in [2.05, 4.69) is 50.4 Å². The van der Waals surface area contributed by atoms with Gasteiger partial charge in [0, 0.05) is 18.7 Å². The van der Waals surface area contributed by atoms with Crippen molar-refractivity contribution in [1.29, 1.82) is 0 Å². The maximum atomic E-state index is 9.04. The average molecular weight is 207 g/mol. The van der Waals surface area contributed by atoms with E-state index >= 15 is 0 Å². The van der Waals surface area contributed by atoms with Crippen molar-refractivity contribution >= 4 is 0 Å². The molecule has 0 aliphatic heterocycles. The molecule has 0 saturated heterocycles. The molecule has 2 heteroatoms. The Hall–Kier alpha value is -0.860. The van der Waals surface area contributed by atoms with Gasteiger partial charge in [-0.25, -0.2) is 0 Å². The molecule has 0 fully saturated rings. The van der Waals surface area contributed by atoms with Crippen LogP contribution in [0.15, 0.2) is 24.3 Å². The molecule has 0 saturated carbocycles. The number of benzene rings is 1. The minimum absolute atomic E-state index is 0.221. The van der Waals surface area contributed by atoms with E-state index < -0.39 is 0 Å². The second kappa shape index (κ2) is 5.89. The summed E-state index contributed by atoms with van der Waals surface area (Å²) in [5, 5.41) is 12.5. The fraction of sp³-hybridized carbons (Fsp3) is 0.538. The average Bonchev–Trinajstić information content (AvgIpc) is 2.16. The SMILES string of the molecule is Cc1cccc(C(CCO)NC(C)C)c1. The standard InChI is InChI=1S/C13H21NO/c1-10(2)14-13(7-8-15)12-6-4-5-11(3)9-12/h4-6,9-10,13-15H,7-8H2,1-3H3. The minimum atomic E-state index is 0.221. The van der Waals surface area contributed by atoms with Gasteiger partial charge in [-0.2, -0.15) is 0 Å². The van der Waals surface area contributed by atoms with Crippen LogP contribution in [0.3, 0.4) is 0 Å². The molecule has 0 aliphatic carbocycles. The molecule has 0 aromatic heterocycles. The van der Waals surface area contributed by atoms with E-state index in [1.165, 1.54) is 11.1 Å². The van der Waals surface area contributed by atoms with Gasteiger partial charge in [0.05, 0.1) is 0 Å². The lowest BCUT2D eigenvalue weighted by Gasteiger charge is -2.21. The summed E-state index contributed by atoms with van der Waals surface area (Å²) in [7, 11) is 0. The Morgan fingerprint density at radius 3 is 2.60 bits per heavy atom. The highest BCUT2D eigenvalue weighted by Gasteiger charge is 2.11. The van der Waals surface area contributed by atoms with E-state index in [4.69, 9.17) is 5.11 Å². The van der Waals surface area contributed by atoms with Gasteiger partial charge in [-0.1, -0.05) is 43.7 Å². The van der Waals surface area contributed by atoms with Gasteiger partial charge in [0.25, 0.3) is 0 Å². The quantitative estimate of drug-likeness (QED) is 0.777. The molecule has 0 radical (unpaired) electrons. The van der Waals surface area contributed by atoms with Crippen molar-refractivity contribution in [3.8, 4) is 0 Å². The molecule has 0 aliphatic rings. The monoisotopic (exact) mass is 207 g/mol. The molecular weight excluding hydrogens is 186 g/mol. The predicted molar refractivity (Wildman–Crippen MR) is 63.9 cm³/mol. The van der Waals surface area contributed by atoms with Crippen LogP contribution in [0.25, 0.3) is 0 Å². The van der Waals surface area contributed by atoms with Crippen molar-refractivity contribution in [3.63, 3.8) is 0 Å². The van der Waals surface area contributed by atoms with E-state index in [1.54, 1.807) is 0 Å². The van der Waals surface area contributed by atoms with E-state index in [-0.39, 0.29) is 12.6 Å². The summed E-state index contributed by atoms with van der Waals surface area (Å²) < 4.78 is 0. The zero-order valence-electron chi connectivity index (χ0n) is 9.83. The first-order valence-electron chi connectivity index (χ1n) is 5.57. The number of aliphatic hydroxyl groups excluding tert-OH is 1. The Morgan fingerprint density at radius 2 is 2.07 bits per heavy atom. The van der Waals surface area contributed by atoms with Crippen molar-refractivity contribution < 1.29 is 5.11 Å². The fourth-order valence-corrected chi connectivity index (χ4v) is 1.76. The third kappa shape index (κ3) is 4.02. The first kappa shape index (κ1) is 12.2. The fourth-order valence-electron chi connectivity index (χ4n) is 1.76. The van der Waals surface area contributed by atoms with Gasteiger partial charge in [0.15, 0.2) is 0 Å². The van der Waals surface area contributed by atoms with Crippen LogP contribution in [-0.4, -0.2) is 17.8 Å². The van der Waals surface area contributed by atoms with Crippen molar-refractivity contribution in [2.45, 2.75) is 39.3 Å². The summed E-state index contributed by atoms with van der Waals surface area (Å²) in [5.41, 5.74) is 2.53. The van der Waals surface area contributed by atoms with Crippen LogP contribution in [0, 0.1) is 6.92 Å². The van der Waals surface area contributed by atoms with Crippen LogP contribution < -0.4 is 5.32 Å². The largest absolute Gasteiger partial charge is 0.396 e. The number of aryl methyl sites for hydroxylation is 1. The van der Waals surface area contributed by atoms with Crippen LogP contribution in [0.1, 0.15) is 37.4 Å². The molecule has 1 aromatic rings. The van der Waals surface area contributed by atoms with Crippen molar-refractivity contribution in [1.82, 2.24) is 5.32 Å². The van der Waals surface area contributed by atoms with Gasteiger partial charge in [0.2, 0.25) is 0 Å². The second-order valence-electron chi connectivity index (χ2n) is 4.30. The minimum Gasteiger partial charge on any atom is -0.396 e. The molecule has 2 nitrogen and oxygen atoms in total. The highest BCUT2D eigenvalue weighted by molar-refractivity contribution is 5.25. The number of hydrogen-bond acceptors (Lipinski definition) is 2. The summed E-state index contributed by atoms with van der Waals surface area (Å²) in [6, 6.07) is 9.14. The van der Waals surface area contributed by atoms with Crippen molar-refractivity contribution in [3.05, 3.63) is 35.4 Å². The molecule has 1 atom stereocenters. The van der Waals surface area contributed by atoms with Gasteiger partial charge >= 0.3 is 0 Å². The second-order valence-corrected chi connectivity index (χ2v) is 4.30. The zero-order chi connectivity index (χ0) is 11.3. The molecule has 0 spiro atoms. The zero-order valence-corrected chi connectivity index (χ0v) is 9.83. The number of rotatable bonds is 5. The molecule has 0 heterocycles. The van der Waals surface area contributed by atoms with Crippen LogP contribution >= 0.6 is 0 Å². The van der Waals surface area contributed by atoms with Gasteiger partial charge in [-0.15, -0.1) is 0 Å². The van der Waals surface area contributed by atoms with Gasteiger partial charge in [-0.05, 0) is 18.9 Å². The Bertz CT molecular complexity index is 296. The summed E-state index contributed by atoms with van der Waals surface area (Å²) in [4.78, 5) is 0. The lowest BCUT2D eigenvalue weighted by molar-refractivity contribution is 0.261. The molecule has 1 unspecified atom stereocenters. The summed E-state index contributed by atoms with van der Waals surface area (Å²) in [5.74, 6) is 0. The topological polar surface area (TPSA) is 32.3 Å². The normalized spacial score (nSPS) is 13.1. The highest BCUT2D eigenvalue weighted by atomic mass is 16.3. The van der Waals surface area contributed by atoms with E-state index in [0.717, 1.165) is 6.42 Å². The first-order chi connectivity index (χ1) is 7.13. The Balaban J connectivity index is 2.78. The molecule has 15 heavy (non-hydrogen) atoms. The molecule has 0 bridgehead atoms. The molecule has 0 amide bonds. The number of nitrogens with one attached hydrogen (secondary N) is 1. The van der Waals surface area contributed by atoms with Crippen molar-refractivity contribution in [2.75, 3.05) is 6.61 Å². The highest BCUT2D eigenvalue weighted by Crippen LogP contribution is 2.18. The third-order valence-corrected chi connectivity index (χ3v) is 2.40. The summed E-state index contributed by atoms with van der Waals surface area (Å²) in [6.07, 6.45) is 0.766. The van der Waals surface area contributed by atoms with Gasteiger partial charge in [-0.3, -0.25) is 0 Å². The molecular formula is C13H21NO.